The predicted molar refractivity (Wildman–Crippen MR) is 108 cm³/mol. The van der Waals surface area contributed by atoms with Crippen molar-refractivity contribution in [3.8, 4) is 0 Å². The Bertz CT molecular complexity index is 457. The molecule has 6 nitrogen and oxygen atoms in total. The molecular formula is C20H39N5O. The summed E-state index contributed by atoms with van der Waals surface area (Å²) in [4.78, 5) is 23.5. The van der Waals surface area contributed by atoms with E-state index >= 15 is 0 Å². The first-order valence-electron chi connectivity index (χ1n) is 10.3. The van der Waals surface area contributed by atoms with Gasteiger partial charge in [-0.2, -0.15) is 0 Å². The Hall–Kier alpha value is -1.30. The molecule has 0 atom stereocenters. The van der Waals surface area contributed by atoms with Crippen LogP contribution >= 0.6 is 0 Å². The van der Waals surface area contributed by atoms with Crippen LogP contribution in [0.5, 0.6) is 0 Å². The molecule has 0 aromatic rings. The molecule has 0 unspecified atom stereocenters. The lowest BCUT2D eigenvalue weighted by Gasteiger charge is -2.37. The fourth-order valence-electron chi connectivity index (χ4n) is 3.70. The van der Waals surface area contributed by atoms with Crippen LogP contribution in [0.1, 0.15) is 52.9 Å². The SMILES string of the molecule is CN=C(NCCCC(C)(C)C)N1CCN(CC(=O)N2CCCCC2)CC1. The van der Waals surface area contributed by atoms with Gasteiger partial charge in [0, 0.05) is 52.9 Å². The third kappa shape index (κ3) is 7.14. The highest BCUT2D eigenvalue weighted by molar-refractivity contribution is 5.80. The van der Waals surface area contributed by atoms with Gasteiger partial charge in [0.2, 0.25) is 5.91 Å². The molecule has 0 spiro atoms. The van der Waals surface area contributed by atoms with E-state index in [0.717, 1.165) is 71.0 Å². The highest BCUT2D eigenvalue weighted by atomic mass is 16.2. The number of aliphatic imine (C=N–C) groups is 1. The number of carbonyl (C=O) groups is 1. The lowest BCUT2D eigenvalue weighted by atomic mass is 9.91. The Morgan fingerprint density at radius 2 is 1.62 bits per heavy atom. The molecule has 150 valence electrons. The lowest BCUT2D eigenvalue weighted by molar-refractivity contribution is -0.133. The molecular weight excluding hydrogens is 326 g/mol. The normalized spacial score (nSPS) is 20.4. The van der Waals surface area contributed by atoms with E-state index in [2.05, 4.69) is 40.9 Å². The third-order valence-corrected chi connectivity index (χ3v) is 5.34. The zero-order valence-corrected chi connectivity index (χ0v) is 17.4. The minimum Gasteiger partial charge on any atom is -0.356 e. The van der Waals surface area contributed by atoms with Crippen LogP contribution in [0.15, 0.2) is 4.99 Å². The molecule has 0 aromatic carbocycles. The highest BCUT2D eigenvalue weighted by Crippen LogP contribution is 2.19. The molecule has 0 radical (unpaired) electrons. The van der Waals surface area contributed by atoms with E-state index in [-0.39, 0.29) is 0 Å². The standard InChI is InChI=1S/C20H39N5O/c1-20(2,3)9-8-10-22-19(21-4)25-15-13-23(14-16-25)17-18(26)24-11-6-5-7-12-24/h5-17H2,1-4H3,(H,21,22). The summed E-state index contributed by atoms with van der Waals surface area (Å²) in [6.45, 7) is 14.0. The molecule has 6 heteroatoms. The molecule has 26 heavy (non-hydrogen) atoms. The van der Waals surface area contributed by atoms with Gasteiger partial charge in [0.15, 0.2) is 5.96 Å². The maximum absolute atomic E-state index is 12.4. The van der Waals surface area contributed by atoms with Crippen LogP contribution in [0.2, 0.25) is 0 Å². The Labute approximate surface area is 160 Å². The van der Waals surface area contributed by atoms with Gasteiger partial charge in [-0.3, -0.25) is 14.7 Å². The number of nitrogens with one attached hydrogen (secondary N) is 1. The van der Waals surface area contributed by atoms with Gasteiger partial charge in [-0.25, -0.2) is 0 Å². The number of rotatable bonds is 5. The Balaban J connectivity index is 1.68. The summed E-state index contributed by atoms with van der Waals surface area (Å²) in [5, 5.41) is 3.50. The van der Waals surface area contributed by atoms with Gasteiger partial charge >= 0.3 is 0 Å². The van der Waals surface area contributed by atoms with Gasteiger partial charge in [0.1, 0.15) is 0 Å². The minimum atomic E-state index is 0.308. The van der Waals surface area contributed by atoms with Gasteiger partial charge < -0.3 is 15.1 Å². The fourth-order valence-corrected chi connectivity index (χ4v) is 3.70. The molecule has 1 amide bonds. The molecule has 0 saturated carbocycles. The van der Waals surface area contributed by atoms with Gasteiger partial charge in [0.05, 0.1) is 6.54 Å². The number of likely N-dealkylation sites (tertiary alicyclic amines) is 1. The summed E-state index contributed by atoms with van der Waals surface area (Å²) in [7, 11) is 1.86. The fraction of sp³-hybridized carbons (Fsp3) is 0.900. The number of piperidine rings is 1. The summed E-state index contributed by atoms with van der Waals surface area (Å²) >= 11 is 0. The van der Waals surface area contributed by atoms with Gasteiger partial charge in [0.25, 0.3) is 0 Å². The molecule has 2 aliphatic heterocycles. The van der Waals surface area contributed by atoms with Crippen LogP contribution in [0.25, 0.3) is 0 Å². The largest absolute Gasteiger partial charge is 0.356 e. The zero-order valence-electron chi connectivity index (χ0n) is 17.4. The molecule has 0 aliphatic carbocycles. The summed E-state index contributed by atoms with van der Waals surface area (Å²) in [6, 6.07) is 0. The zero-order chi connectivity index (χ0) is 19.0. The second kappa shape index (κ2) is 10.1. The topological polar surface area (TPSA) is 51.2 Å². The van der Waals surface area contributed by atoms with Crippen LogP contribution in [-0.4, -0.2) is 86.0 Å². The molecule has 2 heterocycles. The van der Waals surface area contributed by atoms with Gasteiger partial charge in [-0.1, -0.05) is 20.8 Å². The van der Waals surface area contributed by atoms with Gasteiger partial charge in [-0.05, 0) is 37.5 Å². The Kier molecular flexibility index (Phi) is 8.19. The van der Waals surface area contributed by atoms with Crippen molar-refractivity contribution in [1.29, 1.82) is 0 Å². The molecule has 2 saturated heterocycles. The summed E-state index contributed by atoms with van der Waals surface area (Å²) in [5.74, 6) is 1.31. The Morgan fingerprint density at radius 1 is 0.962 bits per heavy atom. The van der Waals surface area contributed by atoms with Crippen molar-refractivity contribution in [1.82, 2.24) is 20.0 Å². The first-order chi connectivity index (χ1) is 12.4. The van der Waals surface area contributed by atoms with E-state index in [1.165, 1.54) is 12.8 Å². The summed E-state index contributed by atoms with van der Waals surface area (Å²) in [6.07, 6.45) is 5.97. The summed E-state index contributed by atoms with van der Waals surface area (Å²) < 4.78 is 0. The van der Waals surface area contributed by atoms with Crippen molar-refractivity contribution in [2.75, 3.05) is 59.4 Å². The quantitative estimate of drug-likeness (QED) is 0.460. The number of hydrogen-bond donors (Lipinski definition) is 1. The molecule has 2 fully saturated rings. The monoisotopic (exact) mass is 365 g/mol. The van der Waals surface area contributed by atoms with Crippen molar-refractivity contribution in [2.45, 2.75) is 52.9 Å². The second-order valence-electron chi connectivity index (χ2n) is 8.84. The molecule has 0 aromatic heterocycles. The van der Waals surface area contributed by atoms with Crippen molar-refractivity contribution < 1.29 is 4.79 Å². The maximum Gasteiger partial charge on any atom is 0.236 e. The second-order valence-corrected chi connectivity index (χ2v) is 8.84. The summed E-state index contributed by atoms with van der Waals surface area (Å²) in [5.41, 5.74) is 0.387. The maximum atomic E-state index is 12.4. The predicted octanol–water partition coefficient (Wildman–Crippen LogP) is 2.02. The van der Waals surface area contributed by atoms with Crippen LogP contribution in [-0.2, 0) is 4.79 Å². The molecule has 1 N–H and O–H groups in total. The van der Waals surface area contributed by atoms with Crippen LogP contribution in [0, 0.1) is 5.41 Å². The molecule has 2 aliphatic rings. The van der Waals surface area contributed by atoms with Gasteiger partial charge in [-0.15, -0.1) is 0 Å². The van der Waals surface area contributed by atoms with E-state index in [0.29, 0.717) is 17.9 Å². The minimum absolute atomic E-state index is 0.308. The van der Waals surface area contributed by atoms with Crippen LogP contribution in [0.4, 0.5) is 0 Å². The number of guanidine groups is 1. The number of piperazine rings is 1. The van der Waals surface area contributed by atoms with Crippen molar-refractivity contribution in [3.63, 3.8) is 0 Å². The van der Waals surface area contributed by atoms with E-state index in [1.54, 1.807) is 0 Å². The molecule has 0 bridgehead atoms. The van der Waals surface area contributed by atoms with E-state index in [9.17, 15) is 4.79 Å². The van der Waals surface area contributed by atoms with E-state index in [4.69, 9.17) is 0 Å². The van der Waals surface area contributed by atoms with E-state index < -0.39 is 0 Å². The van der Waals surface area contributed by atoms with Crippen molar-refractivity contribution in [3.05, 3.63) is 0 Å². The first kappa shape index (κ1) is 21.0. The van der Waals surface area contributed by atoms with Crippen molar-refractivity contribution >= 4 is 11.9 Å². The number of nitrogens with zero attached hydrogens (tertiary/aromatic N) is 4. The molecule has 2 rings (SSSR count). The van der Waals surface area contributed by atoms with Crippen molar-refractivity contribution in [2.24, 2.45) is 10.4 Å². The number of hydrogen-bond acceptors (Lipinski definition) is 3. The average Bonchev–Trinajstić information content (AvgIpc) is 2.62. The number of carbonyl (C=O) groups excluding carboxylic acids is 1. The first-order valence-corrected chi connectivity index (χ1v) is 10.3. The van der Waals surface area contributed by atoms with E-state index in [1.807, 2.05) is 11.9 Å². The van der Waals surface area contributed by atoms with Crippen LogP contribution < -0.4 is 5.32 Å². The highest BCUT2D eigenvalue weighted by Gasteiger charge is 2.24. The number of amides is 1. The smallest absolute Gasteiger partial charge is 0.236 e. The van der Waals surface area contributed by atoms with Crippen LogP contribution in [0.3, 0.4) is 0 Å². The third-order valence-electron chi connectivity index (χ3n) is 5.34. The Morgan fingerprint density at radius 3 is 2.19 bits per heavy atom. The lowest BCUT2D eigenvalue weighted by Crippen LogP contribution is -2.54. The average molecular weight is 366 g/mol.